The number of hydrogen-bond donors (Lipinski definition) is 2. The summed E-state index contributed by atoms with van der Waals surface area (Å²) in [6.07, 6.45) is 2.91. The van der Waals surface area contributed by atoms with Crippen molar-refractivity contribution in [2.45, 2.75) is 38.7 Å². The molecule has 0 aliphatic carbocycles. The number of aliphatic imine (C=N–C) groups is 1. The normalized spacial score (nSPS) is 19.0. The molecule has 1 aromatic rings. The molecule has 1 aliphatic rings. The largest absolute Gasteiger partial charge is 0.381 e. The van der Waals surface area contributed by atoms with E-state index in [0.717, 1.165) is 51.5 Å². The van der Waals surface area contributed by atoms with Gasteiger partial charge in [-0.2, -0.15) is 0 Å². The zero-order valence-electron chi connectivity index (χ0n) is 15.1. The van der Waals surface area contributed by atoms with Crippen molar-refractivity contribution >= 4 is 17.3 Å². The second-order valence-corrected chi connectivity index (χ2v) is 7.50. The minimum absolute atomic E-state index is 0.177. The lowest BCUT2D eigenvalue weighted by Gasteiger charge is -2.34. The maximum atomic E-state index is 5.76. The maximum absolute atomic E-state index is 5.76. The first kappa shape index (κ1) is 19.2. The van der Waals surface area contributed by atoms with Crippen molar-refractivity contribution in [2.24, 2.45) is 10.9 Å². The molecule has 24 heavy (non-hydrogen) atoms. The first-order valence-corrected chi connectivity index (χ1v) is 9.73. The van der Waals surface area contributed by atoms with Gasteiger partial charge in [0.15, 0.2) is 5.96 Å². The Morgan fingerprint density at radius 3 is 2.83 bits per heavy atom. The topological polar surface area (TPSA) is 54.9 Å². The van der Waals surface area contributed by atoms with Crippen LogP contribution >= 0.6 is 11.3 Å². The minimum Gasteiger partial charge on any atom is -0.381 e. The highest BCUT2D eigenvalue weighted by Gasteiger charge is 2.32. The highest BCUT2D eigenvalue weighted by Crippen LogP contribution is 2.24. The molecule has 1 atom stereocenters. The molecule has 0 amide bonds. The third-order valence-electron chi connectivity index (χ3n) is 4.45. The molecule has 2 rings (SSSR count). The molecular formula is C18H31N3O2S. The van der Waals surface area contributed by atoms with Crippen LogP contribution in [0.3, 0.4) is 0 Å². The summed E-state index contributed by atoms with van der Waals surface area (Å²) < 4.78 is 11.2. The van der Waals surface area contributed by atoms with Crippen LogP contribution in [0.15, 0.2) is 22.5 Å². The quantitative estimate of drug-likeness (QED) is 0.557. The highest BCUT2D eigenvalue weighted by molar-refractivity contribution is 7.09. The van der Waals surface area contributed by atoms with Crippen molar-refractivity contribution in [3.05, 3.63) is 22.4 Å². The summed E-state index contributed by atoms with van der Waals surface area (Å²) >= 11 is 1.83. The van der Waals surface area contributed by atoms with E-state index in [-0.39, 0.29) is 5.60 Å². The second-order valence-electron chi connectivity index (χ2n) is 6.46. The number of thiophene rings is 1. The van der Waals surface area contributed by atoms with Crippen LogP contribution in [-0.4, -0.2) is 51.5 Å². The lowest BCUT2D eigenvalue weighted by atomic mass is 9.94. The van der Waals surface area contributed by atoms with Gasteiger partial charge in [-0.25, -0.2) is 0 Å². The predicted octanol–water partition coefficient (Wildman–Crippen LogP) is 2.68. The Labute approximate surface area is 149 Å². The Morgan fingerprint density at radius 2 is 2.21 bits per heavy atom. The minimum atomic E-state index is -0.177. The maximum Gasteiger partial charge on any atom is 0.191 e. The molecular weight excluding hydrogens is 322 g/mol. The number of ether oxygens (including phenoxy) is 2. The smallest absolute Gasteiger partial charge is 0.191 e. The van der Waals surface area contributed by atoms with Crippen LogP contribution in [0.5, 0.6) is 0 Å². The van der Waals surface area contributed by atoms with Gasteiger partial charge in [-0.15, -0.1) is 11.3 Å². The molecule has 0 radical (unpaired) electrons. The van der Waals surface area contributed by atoms with Gasteiger partial charge in [-0.05, 0) is 30.7 Å². The van der Waals surface area contributed by atoms with Crippen LogP contribution < -0.4 is 10.6 Å². The van der Waals surface area contributed by atoms with Crippen LogP contribution in [0.4, 0.5) is 0 Å². The molecule has 1 fully saturated rings. The monoisotopic (exact) mass is 353 g/mol. The second kappa shape index (κ2) is 10.0. The molecule has 2 N–H and O–H groups in total. The number of methoxy groups -OCH3 is 1. The summed E-state index contributed by atoms with van der Waals surface area (Å²) in [7, 11) is 1.78. The van der Waals surface area contributed by atoms with Crippen LogP contribution in [0.1, 0.15) is 31.6 Å². The third kappa shape index (κ3) is 6.07. The van der Waals surface area contributed by atoms with Crippen molar-refractivity contribution in [2.75, 3.05) is 40.0 Å². The number of nitrogens with zero attached hydrogens (tertiary/aromatic N) is 1. The summed E-state index contributed by atoms with van der Waals surface area (Å²) in [4.78, 5) is 6.20. The zero-order valence-corrected chi connectivity index (χ0v) is 16.0. The van der Waals surface area contributed by atoms with Gasteiger partial charge in [0.05, 0.1) is 12.1 Å². The van der Waals surface area contributed by atoms with E-state index in [2.05, 4.69) is 42.0 Å². The van der Waals surface area contributed by atoms with E-state index in [0.29, 0.717) is 12.5 Å². The molecule has 1 aliphatic heterocycles. The first-order chi connectivity index (χ1) is 11.7. The molecule has 2 heterocycles. The first-order valence-electron chi connectivity index (χ1n) is 8.85. The van der Waals surface area contributed by atoms with Crippen molar-refractivity contribution in [1.29, 1.82) is 0 Å². The van der Waals surface area contributed by atoms with E-state index in [9.17, 15) is 0 Å². The van der Waals surface area contributed by atoms with Gasteiger partial charge in [0, 0.05) is 51.1 Å². The van der Waals surface area contributed by atoms with E-state index in [1.54, 1.807) is 7.11 Å². The third-order valence-corrected chi connectivity index (χ3v) is 5.35. The molecule has 1 aromatic heterocycles. The van der Waals surface area contributed by atoms with Gasteiger partial charge in [-0.1, -0.05) is 13.0 Å². The van der Waals surface area contributed by atoms with Crippen LogP contribution in [0.25, 0.3) is 0 Å². The fourth-order valence-corrected chi connectivity index (χ4v) is 3.72. The number of rotatable bonds is 8. The van der Waals surface area contributed by atoms with E-state index >= 15 is 0 Å². The molecule has 0 saturated carbocycles. The fourth-order valence-electron chi connectivity index (χ4n) is 2.85. The average Bonchev–Trinajstić information content (AvgIpc) is 3.11. The Morgan fingerprint density at radius 1 is 1.42 bits per heavy atom. The molecule has 0 aromatic carbocycles. The van der Waals surface area contributed by atoms with Crippen LogP contribution in [0.2, 0.25) is 0 Å². The number of guanidine groups is 1. The summed E-state index contributed by atoms with van der Waals surface area (Å²) in [6, 6.07) is 4.32. The van der Waals surface area contributed by atoms with Crippen molar-refractivity contribution < 1.29 is 9.47 Å². The van der Waals surface area contributed by atoms with E-state index in [1.165, 1.54) is 4.88 Å². The van der Waals surface area contributed by atoms with E-state index in [1.807, 2.05) is 11.3 Å². The van der Waals surface area contributed by atoms with Gasteiger partial charge < -0.3 is 20.1 Å². The lowest BCUT2D eigenvalue weighted by molar-refractivity contribution is -0.0828. The van der Waals surface area contributed by atoms with Crippen molar-refractivity contribution in [3.63, 3.8) is 0 Å². The molecule has 0 spiro atoms. The molecule has 6 heteroatoms. The summed E-state index contributed by atoms with van der Waals surface area (Å²) in [6.45, 7) is 8.30. The van der Waals surface area contributed by atoms with E-state index in [4.69, 9.17) is 14.5 Å². The predicted molar refractivity (Wildman–Crippen MR) is 101 cm³/mol. The molecule has 136 valence electrons. The van der Waals surface area contributed by atoms with Gasteiger partial charge in [0.25, 0.3) is 0 Å². The Kier molecular flexibility index (Phi) is 8.02. The number of hydrogen-bond acceptors (Lipinski definition) is 4. The van der Waals surface area contributed by atoms with Gasteiger partial charge in [0.1, 0.15) is 0 Å². The number of nitrogens with one attached hydrogen (secondary N) is 2. The van der Waals surface area contributed by atoms with E-state index < -0.39 is 0 Å². The Hall–Kier alpha value is -1.11. The summed E-state index contributed by atoms with van der Waals surface area (Å²) in [5, 5.41) is 8.94. The van der Waals surface area contributed by atoms with Crippen molar-refractivity contribution in [3.8, 4) is 0 Å². The molecule has 0 bridgehead atoms. The van der Waals surface area contributed by atoms with Gasteiger partial charge >= 0.3 is 0 Å². The summed E-state index contributed by atoms with van der Waals surface area (Å²) in [5.74, 6) is 1.44. The van der Waals surface area contributed by atoms with Crippen LogP contribution in [-0.2, 0) is 15.9 Å². The zero-order chi connectivity index (χ0) is 17.3. The molecule has 5 nitrogen and oxygen atoms in total. The van der Waals surface area contributed by atoms with Crippen molar-refractivity contribution in [1.82, 2.24) is 10.6 Å². The molecule has 1 unspecified atom stereocenters. The summed E-state index contributed by atoms with van der Waals surface area (Å²) in [5.41, 5.74) is -0.177. The fraction of sp³-hybridized carbons (Fsp3) is 0.722. The average molecular weight is 354 g/mol. The Balaban J connectivity index is 1.85. The highest BCUT2D eigenvalue weighted by atomic mass is 32.1. The standard InChI is InChI=1S/C18H31N3O2S/c1-4-19-17(20-13-15(2)12-16-6-5-11-24-16)21-14-18(22-3)7-9-23-10-8-18/h5-6,11,15H,4,7-10,12-14H2,1-3H3,(H2,19,20,21). The molecule has 1 saturated heterocycles. The van der Waals surface area contributed by atoms with Crippen LogP contribution in [0, 0.1) is 5.92 Å². The SMILES string of the molecule is CCNC(=NCC1(OC)CCOCC1)NCC(C)Cc1cccs1. The van der Waals surface area contributed by atoms with Gasteiger partial charge in [-0.3, -0.25) is 4.99 Å². The van der Waals surface area contributed by atoms with Gasteiger partial charge in [0.2, 0.25) is 0 Å². The Bertz CT molecular complexity index is 484. The lowest BCUT2D eigenvalue weighted by Crippen LogP contribution is -2.44.